The minimum Gasteiger partial charge on any atom is -0.508 e. The van der Waals surface area contributed by atoms with Crippen molar-refractivity contribution in [1.82, 2.24) is 5.32 Å². The average Bonchev–Trinajstić information content (AvgIpc) is 2.61. The first-order valence-corrected chi connectivity index (χ1v) is 9.08. The minimum absolute atomic E-state index is 0.0116. The van der Waals surface area contributed by atoms with Crippen molar-refractivity contribution >= 4 is 29.1 Å². The molecule has 7 heteroatoms. The van der Waals surface area contributed by atoms with Crippen LogP contribution >= 0.6 is 23.2 Å². The van der Waals surface area contributed by atoms with Gasteiger partial charge in [0.2, 0.25) is 0 Å². The Morgan fingerprint density at radius 2 is 1.69 bits per heavy atom. The molecule has 1 amide bonds. The van der Waals surface area contributed by atoms with Gasteiger partial charge in [0.15, 0.2) is 5.75 Å². The smallest absolute Gasteiger partial charge is 0.251 e. The van der Waals surface area contributed by atoms with Crippen LogP contribution in [-0.2, 0) is 0 Å². The van der Waals surface area contributed by atoms with Gasteiger partial charge < -0.3 is 19.9 Å². The van der Waals surface area contributed by atoms with Crippen LogP contribution < -0.4 is 14.8 Å². The first kappa shape index (κ1) is 20.2. The van der Waals surface area contributed by atoms with E-state index in [1.165, 1.54) is 12.1 Å². The quantitative estimate of drug-likeness (QED) is 0.602. The zero-order valence-electron chi connectivity index (χ0n) is 14.4. The third-order valence-corrected chi connectivity index (χ3v) is 4.00. The number of phenolic OH excluding ortho intramolecular Hbond substituents is 1. The van der Waals surface area contributed by atoms with Crippen LogP contribution in [-0.4, -0.2) is 30.8 Å². The van der Waals surface area contributed by atoms with Crippen molar-refractivity contribution in [2.75, 3.05) is 19.8 Å². The standard InChI is InChI=1S/C19H21Cl2NO4/c1-2-8-22-19(24)13-4-6-15(7-5-13)25-9-3-10-26-18-16(20)11-14(23)12-17(18)21/h4-7,11-12,23H,2-3,8-10H2,1H3,(H,22,24). The molecule has 0 radical (unpaired) electrons. The molecule has 5 nitrogen and oxygen atoms in total. The van der Waals surface area contributed by atoms with Crippen molar-refractivity contribution in [3.63, 3.8) is 0 Å². The second-order valence-corrected chi connectivity index (χ2v) is 6.38. The monoisotopic (exact) mass is 397 g/mol. The molecule has 2 aromatic rings. The fourth-order valence-electron chi connectivity index (χ4n) is 2.15. The molecular formula is C19H21Cl2NO4. The van der Waals surface area contributed by atoms with E-state index in [-0.39, 0.29) is 21.7 Å². The fourth-order valence-corrected chi connectivity index (χ4v) is 2.74. The summed E-state index contributed by atoms with van der Waals surface area (Å²) < 4.78 is 11.2. The number of nitrogens with one attached hydrogen (secondary N) is 1. The molecule has 0 aliphatic heterocycles. The molecule has 2 N–H and O–H groups in total. The van der Waals surface area contributed by atoms with E-state index < -0.39 is 0 Å². The van der Waals surface area contributed by atoms with Crippen molar-refractivity contribution < 1.29 is 19.4 Å². The first-order chi connectivity index (χ1) is 12.5. The molecule has 0 unspecified atom stereocenters. The van der Waals surface area contributed by atoms with E-state index in [1.807, 2.05) is 6.92 Å². The van der Waals surface area contributed by atoms with Gasteiger partial charge in [-0.05, 0) is 30.7 Å². The van der Waals surface area contributed by atoms with Gasteiger partial charge in [-0.3, -0.25) is 4.79 Å². The molecule has 0 spiro atoms. The number of hydrogen-bond donors (Lipinski definition) is 2. The lowest BCUT2D eigenvalue weighted by Crippen LogP contribution is -2.23. The number of aromatic hydroxyl groups is 1. The summed E-state index contributed by atoms with van der Waals surface area (Å²) >= 11 is 12.0. The van der Waals surface area contributed by atoms with E-state index >= 15 is 0 Å². The molecule has 140 valence electrons. The second-order valence-electron chi connectivity index (χ2n) is 5.57. The van der Waals surface area contributed by atoms with Crippen molar-refractivity contribution in [2.45, 2.75) is 19.8 Å². The molecule has 2 aromatic carbocycles. The molecule has 0 aliphatic carbocycles. The second kappa shape index (κ2) is 10.1. The normalized spacial score (nSPS) is 10.4. The lowest BCUT2D eigenvalue weighted by Gasteiger charge is -2.11. The minimum atomic E-state index is -0.0885. The average molecular weight is 398 g/mol. The molecule has 2 rings (SSSR count). The number of phenols is 1. The molecule has 0 heterocycles. The van der Waals surface area contributed by atoms with Crippen molar-refractivity contribution in [1.29, 1.82) is 0 Å². The number of amides is 1. The summed E-state index contributed by atoms with van der Waals surface area (Å²) in [5.41, 5.74) is 0.603. The Morgan fingerprint density at radius 3 is 2.31 bits per heavy atom. The number of benzene rings is 2. The Kier molecular flexibility index (Phi) is 7.88. The van der Waals surface area contributed by atoms with Crippen LogP contribution in [0.3, 0.4) is 0 Å². The number of carbonyl (C=O) groups is 1. The lowest BCUT2D eigenvalue weighted by atomic mass is 10.2. The van der Waals surface area contributed by atoms with E-state index in [1.54, 1.807) is 24.3 Å². The topological polar surface area (TPSA) is 67.8 Å². The van der Waals surface area contributed by atoms with Crippen LogP contribution in [0.2, 0.25) is 10.0 Å². The fraction of sp³-hybridized carbons (Fsp3) is 0.316. The van der Waals surface area contributed by atoms with Gasteiger partial charge >= 0.3 is 0 Å². The van der Waals surface area contributed by atoms with Gasteiger partial charge in [-0.2, -0.15) is 0 Å². The maximum atomic E-state index is 11.8. The van der Waals surface area contributed by atoms with Crippen LogP contribution in [0, 0.1) is 0 Å². The first-order valence-electron chi connectivity index (χ1n) is 8.33. The highest BCUT2D eigenvalue weighted by molar-refractivity contribution is 6.37. The highest BCUT2D eigenvalue weighted by Crippen LogP contribution is 2.36. The summed E-state index contributed by atoms with van der Waals surface area (Å²) in [4.78, 5) is 11.8. The molecule has 0 bridgehead atoms. The van der Waals surface area contributed by atoms with Gasteiger partial charge in [-0.25, -0.2) is 0 Å². The molecular weight excluding hydrogens is 377 g/mol. The van der Waals surface area contributed by atoms with Gasteiger partial charge in [0.1, 0.15) is 11.5 Å². The Labute approximate surface area is 162 Å². The van der Waals surface area contributed by atoms with Crippen LogP contribution in [0.15, 0.2) is 36.4 Å². The van der Waals surface area contributed by atoms with E-state index in [0.29, 0.717) is 43.2 Å². The number of rotatable bonds is 9. The maximum Gasteiger partial charge on any atom is 0.251 e. The third-order valence-electron chi connectivity index (χ3n) is 3.44. The summed E-state index contributed by atoms with van der Waals surface area (Å²) in [7, 11) is 0. The van der Waals surface area contributed by atoms with Crippen molar-refractivity contribution in [2.24, 2.45) is 0 Å². The van der Waals surface area contributed by atoms with Crippen LogP contribution in [0.5, 0.6) is 17.2 Å². The highest BCUT2D eigenvalue weighted by atomic mass is 35.5. The summed E-state index contributed by atoms with van der Waals surface area (Å²) in [6.45, 7) is 3.47. The third kappa shape index (κ3) is 6.00. The summed E-state index contributed by atoms with van der Waals surface area (Å²) in [6.07, 6.45) is 1.52. The molecule has 0 saturated heterocycles. The van der Waals surface area contributed by atoms with Crippen LogP contribution in [0.25, 0.3) is 0 Å². The zero-order chi connectivity index (χ0) is 18.9. The number of halogens is 2. The Balaban J connectivity index is 1.74. The number of carbonyl (C=O) groups excluding carboxylic acids is 1. The van der Waals surface area contributed by atoms with E-state index in [0.717, 1.165) is 6.42 Å². The predicted molar refractivity (Wildman–Crippen MR) is 103 cm³/mol. The van der Waals surface area contributed by atoms with Crippen LogP contribution in [0.1, 0.15) is 30.1 Å². The van der Waals surface area contributed by atoms with E-state index in [2.05, 4.69) is 5.32 Å². The van der Waals surface area contributed by atoms with Gasteiger partial charge in [0.25, 0.3) is 5.91 Å². The van der Waals surface area contributed by atoms with E-state index in [4.69, 9.17) is 32.7 Å². The summed E-state index contributed by atoms with van der Waals surface area (Å²) in [6, 6.07) is 9.72. The van der Waals surface area contributed by atoms with Gasteiger partial charge in [-0.15, -0.1) is 0 Å². The van der Waals surface area contributed by atoms with Gasteiger partial charge in [0.05, 0.1) is 23.3 Å². The highest BCUT2D eigenvalue weighted by Gasteiger charge is 2.09. The molecule has 0 saturated carbocycles. The Hall–Kier alpha value is -2.11. The van der Waals surface area contributed by atoms with E-state index in [9.17, 15) is 9.90 Å². The summed E-state index contributed by atoms with van der Waals surface area (Å²) in [5, 5.41) is 12.7. The predicted octanol–water partition coefficient (Wildman–Crippen LogP) is 4.69. The van der Waals surface area contributed by atoms with Gasteiger partial charge in [-0.1, -0.05) is 30.1 Å². The molecule has 0 aromatic heterocycles. The molecule has 26 heavy (non-hydrogen) atoms. The Morgan fingerprint density at radius 1 is 1.08 bits per heavy atom. The largest absolute Gasteiger partial charge is 0.508 e. The molecule has 0 atom stereocenters. The lowest BCUT2D eigenvalue weighted by molar-refractivity contribution is 0.0953. The SMILES string of the molecule is CCCNC(=O)c1ccc(OCCCOc2c(Cl)cc(O)cc2Cl)cc1. The number of hydrogen-bond acceptors (Lipinski definition) is 4. The molecule has 0 fully saturated rings. The van der Waals surface area contributed by atoms with Crippen molar-refractivity contribution in [3.8, 4) is 17.2 Å². The Bertz CT molecular complexity index is 712. The zero-order valence-corrected chi connectivity index (χ0v) is 15.9. The molecule has 0 aliphatic rings. The van der Waals surface area contributed by atoms with Gasteiger partial charge in [0, 0.05) is 30.7 Å². The van der Waals surface area contributed by atoms with Crippen LogP contribution in [0.4, 0.5) is 0 Å². The maximum absolute atomic E-state index is 11.8. The summed E-state index contributed by atoms with van der Waals surface area (Å²) in [5.74, 6) is 0.920. The number of ether oxygens (including phenoxy) is 2. The van der Waals surface area contributed by atoms with Crippen molar-refractivity contribution in [3.05, 3.63) is 52.0 Å².